The van der Waals surface area contributed by atoms with Crippen molar-refractivity contribution in [2.45, 2.75) is 19.1 Å². The average molecular weight is 264 g/mol. The first-order valence-electron chi connectivity index (χ1n) is 5.63. The highest BCUT2D eigenvalue weighted by atomic mass is 35.5. The molecule has 5 heteroatoms. The lowest BCUT2D eigenvalue weighted by molar-refractivity contribution is 0.159. The third-order valence-electron chi connectivity index (χ3n) is 2.70. The zero-order valence-corrected chi connectivity index (χ0v) is 10.7. The van der Waals surface area contributed by atoms with E-state index in [0.717, 1.165) is 5.56 Å². The van der Waals surface area contributed by atoms with Crippen LogP contribution in [0.1, 0.15) is 18.5 Å². The Kier molecular flexibility index (Phi) is 4.12. The van der Waals surface area contributed by atoms with Crippen LogP contribution in [-0.2, 0) is 0 Å². The number of aliphatic hydroxyl groups excluding tert-OH is 1. The van der Waals surface area contributed by atoms with Crippen LogP contribution in [0.3, 0.4) is 0 Å². The van der Waals surface area contributed by atoms with Gasteiger partial charge in [-0.15, -0.1) is 0 Å². The second-order valence-electron chi connectivity index (χ2n) is 4.02. The van der Waals surface area contributed by atoms with Gasteiger partial charge in [-0.25, -0.2) is 9.67 Å². The molecule has 0 amide bonds. The lowest BCUT2D eigenvalue weighted by atomic mass is 10.1. The maximum atomic E-state index is 10.0. The first-order chi connectivity index (χ1) is 8.66. The molecule has 94 valence electrons. The fraction of sp³-hybridized carbons (Fsp3) is 0.231. The second kappa shape index (κ2) is 5.80. The fourth-order valence-corrected chi connectivity index (χ4v) is 1.65. The van der Waals surface area contributed by atoms with E-state index in [4.69, 9.17) is 11.6 Å². The summed E-state index contributed by atoms with van der Waals surface area (Å²) in [5.74, 6) is 0. The van der Waals surface area contributed by atoms with E-state index in [9.17, 15) is 5.11 Å². The lowest BCUT2D eigenvalue weighted by Gasteiger charge is -2.15. The maximum Gasteiger partial charge on any atom is 0.137 e. The van der Waals surface area contributed by atoms with Crippen LogP contribution in [0.2, 0.25) is 5.02 Å². The SMILES string of the molecule is CC(C(O)/C=C/c1ccc(Cl)cc1)n1cncn1. The van der Waals surface area contributed by atoms with Crippen molar-refractivity contribution in [1.82, 2.24) is 14.8 Å². The molecule has 0 fully saturated rings. The molecule has 0 aliphatic heterocycles. The van der Waals surface area contributed by atoms with Crippen molar-refractivity contribution in [2.75, 3.05) is 0 Å². The molecule has 0 radical (unpaired) electrons. The van der Waals surface area contributed by atoms with Gasteiger partial charge in [0.2, 0.25) is 0 Å². The average Bonchev–Trinajstić information content (AvgIpc) is 2.90. The molecule has 4 nitrogen and oxygen atoms in total. The van der Waals surface area contributed by atoms with Gasteiger partial charge in [0.05, 0.1) is 12.1 Å². The van der Waals surface area contributed by atoms with Gasteiger partial charge in [0.15, 0.2) is 0 Å². The largest absolute Gasteiger partial charge is 0.387 e. The molecular formula is C13H14ClN3O. The number of aromatic nitrogens is 3. The Hall–Kier alpha value is -1.65. The van der Waals surface area contributed by atoms with E-state index in [0.29, 0.717) is 5.02 Å². The van der Waals surface area contributed by atoms with Crippen LogP contribution in [0.25, 0.3) is 6.08 Å². The van der Waals surface area contributed by atoms with Crippen molar-refractivity contribution < 1.29 is 5.11 Å². The summed E-state index contributed by atoms with van der Waals surface area (Å²) in [7, 11) is 0. The van der Waals surface area contributed by atoms with Crippen LogP contribution in [-0.4, -0.2) is 26.0 Å². The Bertz CT molecular complexity index is 508. The van der Waals surface area contributed by atoms with Crippen LogP contribution in [0.5, 0.6) is 0 Å². The van der Waals surface area contributed by atoms with Crippen LogP contribution >= 0.6 is 11.6 Å². The van der Waals surface area contributed by atoms with Crippen molar-refractivity contribution in [1.29, 1.82) is 0 Å². The van der Waals surface area contributed by atoms with E-state index >= 15 is 0 Å². The molecule has 0 spiro atoms. The minimum absolute atomic E-state index is 0.156. The summed E-state index contributed by atoms with van der Waals surface area (Å²) in [5, 5.41) is 14.7. The standard InChI is InChI=1S/C13H14ClN3O/c1-10(17-9-15-8-16-17)13(18)7-4-11-2-5-12(14)6-3-11/h2-10,13,18H,1H3/b7-4+. The normalized spacial score (nSPS) is 14.8. The van der Waals surface area contributed by atoms with Gasteiger partial charge >= 0.3 is 0 Å². The van der Waals surface area contributed by atoms with E-state index in [-0.39, 0.29) is 6.04 Å². The summed E-state index contributed by atoms with van der Waals surface area (Å²) in [6.07, 6.45) is 6.00. The first kappa shape index (κ1) is 12.8. The molecule has 2 atom stereocenters. The molecule has 2 aromatic rings. The molecule has 2 unspecified atom stereocenters. The Balaban J connectivity index is 2.02. The zero-order valence-electron chi connectivity index (χ0n) is 9.94. The number of hydrogen-bond donors (Lipinski definition) is 1. The molecule has 1 aromatic carbocycles. The third kappa shape index (κ3) is 3.18. The van der Waals surface area contributed by atoms with E-state index in [1.165, 1.54) is 6.33 Å². The highest BCUT2D eigenvalue weighted by molar-refractivity contribution is 6.30. The van der Waals surface area contributed by atoms with Crippen LogP contribution < -0.4 is 0 Å². The Labute approximate surface area is 111 Å². The summed E-state index contributed by atoms with van der Waals surface area (Å²) < 4.78 is 1.62. The molecule has 0 saturated carbocycles. The topological polar surface area (TPSA) is 50.9 Å². The molecule has 0 saturated heterocycles. The Morgan fingerprint density at radius 3 is 2.67 bits per heavy atom. The van der Waals surface area contributed by atoms with Crippen LogP contribution in [0, 0.1) is 0 Å². The summed E-state index contributed by atoms with van der Waals surface area (Å²) in [5.41, 5.74) is 0.990. The summed E-state index contributed by atoms with van der Waals surface area (Å²) in [6.45, 7) is 1.88. The summed E-state index contributed by atoms with van der Waals surface area (Å²) in [4.78, 5) is 3.86. The van der Waals surface area contributed by atoms with Crippen molar-refractivity contribution >= 4 is 17.7 Å². The van der Waals surface area contributed by atoms with E-state index < -0.39 is 6.10 Å². The molecular weight excluding hydrogens is 250 g/mol. The van der Waals surface area contributed by atoms with Gasteiger partial charge < -0.3 is 5.11 Å². The molecule has 1 aromatic heterocycles. The number of halogens is 1. The van der Waals surface area contributed by atoms with Crippen molar-refractivity contribution in [3.63, 3.8) is 0 Å². The van der Waals surface area contributed by atoms with Gasteiger partial charge in [-0.2, -0.15) is 5.10 Å². The molecule has 18 heavy (non-hydrogen) atoms. The molecule has 0 bridgehead atoms. The van der Waals surface area contributed by atoms with Gasteiger partial charge in [-0.3, -0.25) is 0 Å². The van der Waals surface area contributed by atoms with Crippen molar-refractivity contribution in [3.05, 3.63) is 53.6 Å². The molecule has 0 aliphatic carbocycles. The van der Waals surface area contributed by atoms with Gasteiger partial charge in [0, 0.05) is 5.02 Å². The van der Waals surface area contributed by atoms with Crippen molar-refractivity contribution in [2.24, 2.45) is 0 Å². The van der Waals surface area contributed by atoms with Gasteiger partial charge in [0.25, 0.3) is 0 Å². The van der Waals surface area contributed by atoms with E-state index in [1.54, 1.807) is 17.1 Å². The third-order valence-corrected chi connectivity index (χ3v) is 2.96. The monoisotopic (exact) mass is 263 g/mol. The van der Waals surface area contributed by atoms with Crippen LogP contribution in [0.15, 0.2) is 43.0 Å². The number of benzene rings is 1. The molecule has 2 rings (SSSR count). The Morgan fingerprint density at radius 1 is 1.33 bits per heavy atom. The highest BCUT2D eigenvalue weighted by Gasteiger charge is 2.13. The quantitative estimate of drug-likeness (QED) is 0.922. The number of rotatable bonds is 4. The second-order valence-corrected chi connectivity index (χ2v) is 4.45. The molecule has 1 heterocycles. The minimum atomic E-state index is -0.623. The Morgan fingerprint density at radius 2 is 2.06 bits per heavy atom. The lowest BCUT2D eigenvalue weighted by Crippen LogP contribution is -2.19. The van der Waals surface area contributed by atoms with E-state index in [2.05, 4.69) is 10.1 Å². The fourth-order valence-electron chi connectivity index (χ4n) is 1.53. The molecule has 0 aliphatic rings. The number of aliphatic hydroxyl groups is 1. The minimum Gasteiger partial charge on any atom is -0.387 e. The predicted octanol–water partition coefficient (Wildman–Crippen LogP) is 2.57. The summed E-state index contributed by atoms with van der Waals surface area (Å²) >= 11 is 5.80. The zero-order chi connectivity index (χ0) is 13.0. The van der Waals surface area contributed by atoms with Crippen molar-refractivity contribution in [3.8, 4) is 0 Å². The smallest absolute Gasteiger partial charge is 0.137 e. The maximum absolute atomic E-state index is 10.0. The predicted molar refractivity (Wildman–Crippen MR) is 71.2 cm³/mol. The summed E-state index contributed by atoms with van der Waals surface area (Å²) in [6, 6.07) is 7.26. The highest BCUT2D eigenvalue weighted by Crippen LogP contribution is 2.14. The number of hydrogen-bond acceptors (Lipinski definition) is 3. The molecule has 1 N–H and O–H groups in total. The number of nitrogens with zero attached hydrogens (tertiary/aromatic N) is 3. The van der Waals surface area contributed by atoms with Gasteiger partial charge in [-0.05, 0) is 24.6 Å². The van der Waals surface area contributed by atoms with Crippen LogP contribution in [0.4, 0.5) is 0 Å². The first-order valence-corrected chi connectivity index (χ1v) is 6.00. The van der Waals surface area contributed by atoms with Gasteiger partial charge in [-0.1, -0.05) is 35.9 Å². The van der Waals surface area contributed by atoms with Gasteiger partial charge in [0.1, 0.15) is 12.7 Å². The van der Waals surface area contributed by atoms with E-state index in [1.807, 2.05) is 37.3 Å².